The molecule has 1 aromatic rings. The zero-order valence-electron chi connectivity index (χ0n) is 12.7. The van der Waals surface area contributed by atoms with E-state index in [9.17, 15) is 9.90 Å². The molecule has 1 aliphatic rings. The van der Waals surface area contributed by atoms with Gasteiger partial charge >= 0.3 is 0 Å². The topological polar surface area (TPSA) is 49.3 Å². The Morgan fingerprint density at radius 3 is 2.38 bits per heavy atom. The van der Waals surface area contributed by atoms with Crippen LogP contribution in [0.15, 0.2) is 24.3 Å². The number of halogens is 1. The number of benzene rings is 1. The van der Waals surface area contributed by atoms with Crippen LogP contribution in [0, 0.1) is 5.92 Å². The van der Waals surface area contributed by atoms with Gasteiger partial charge in [-0.05, 0) is 43.4 Å². The van der Waals surface area contributed by atoms with E-state index in [0.29, 0.717) is 5.02 Å². The zero-order chi connectivity index (χ0) is 15.5. The number of aliphatic hydroxyl groups is 1. The molecule has 2 unspecified atom stereocenters. The summed E-state index contributed by atoms with van der Waals surface area (Å²) in [6.07, 6.45) is 3.89. The fourth-order valence-electron chi connectivity index (χ4n) is 3.04. The van der Waals surface area contributed by atoms with Crippen molar-refractivity contribution >= 4 is 17.5 Å². The highest BCUT2D eigenvalue weighted by atomic mass is 35.5. The summed E-state index contributed by atoms with van der Waals surface area (Å²) >= 11 is 5.96. The molecule has 0 spiro atoms. The van der Waals surface area contributed by atoms with Crippen LogP contribution in [-0.2, 0) is 10.2 Å². The number of aliphatic hydroxyl groups excluding tert-OH is 1. The lowest BCUT2D eigenvalue weighted by molar-refractivity contribution is -0.127. The maximum atomic E-state index is 12.9. The molecule has 0 aliphatic heterocycles. The third kappa shape index (κ3) is 3.41. The lowest BCUT2D eigenvalue weighted by Crippen LogP contribution is -2.48. The predicted molar refractivity (Wildman–Crippen MR) is 85.5 cm³/mol. The van der Waals surface area contributed by atoms with E-state index >= 15 is 0 Å². The molecule has 2 atom stereocenters. The first kappa shape index (κ1) is 16.3. The number of rotatable bonds is 5. The van der Waals surface area contributed by atoms with Gasteiger partial charge < -0.3 is 10.4 Å². The Hall–Kier alpha value is -1.06. The van der Waals surface area contributed by atoms with Crippen LogP contribution in [0.25, 0.3) is 0 Å². The molecule has 1 aliphatic carbocycles. The molecule has 1 amide bonds. The van der Waals surface area contributed by atoms with Gasteiger partial charge in [-0.2, -0.15) is 0 Å². The van der Waals surface area contributed by atoms with E-state index in [1.54, 1.807) is 0 Å². The van der Waals surface area contributed by atoms with Crippen molar-refractivity contribution in [3.8, 4) is 0 Å². The zero-order valence-corrected chi connectivity index (χ0v) is 13.5. The molecule has 116 valence electrons. The average molecular weight is 310 g/mol. The highest BCUT2D eigenvalue weighted by Gasteiger charge is 2.43. The predicted octanol–water partition coefficient (Wildman–Crippen LogP) is 3.28. The summed E-state index contributed by atoms with van der Waals surface area (Å²) < 4.78 is 0. The standard InChI is InChI=1S/C17H24ClNO2/c1-12(11-20)13(2)19-16(21)17(9-3-4-10-17)14-5-7-15(18)8-6-14/h5-8,12-13,20H,3-4,9-11H2,1-2H3,(H,19,21). The van der Waals surface area contributed by atoms with Gasteiger partial charge in [-0.15, -0.1) is 0 Å². The number of hydrogen-bond donors (Lipinski definition) is 2. The molecule has 1 saturated carbocycles. The molecular formula is C17H24ClNO2. The summed E-state index contributed by atoms with van der Waals surface area (Å²) in [7, 11) is 0. The minimum atomic E-state index is -0.436. The summed E-state index contributed by atoms with van der Waals surface area (Å²) in [6, 6.07) is 7.60. The second-order valence-corrected chi connectivity index (χ2v) is 6.65. The summed E-state index contributed by atoms with van der Waals surface area (Å²) in [5.41, 5.74) is 0.611. The molecule has 0 heterocycles. The molecule has 0 radical (unpaired) electrons. The van der Waals surface area contributed by atoms with Crippen LogP contribution in [0.3, 0.4) is 0 Å². The molecule has 2 rings (SSSR count). The first-order chi connectivity index (χ1) is 9.99. The Balaban J connectivity index is 2.22. The van der Waals surface area contributed by atoms with E-state index in [4.69, 9.17) is 11.6 Å². The van der Waals surface area contributed by atoms with E-state index in [1.165, 1.54) is 0 Å². The lowest BCUT2D eigenvalue weighted by Gasteiger charge is -2.31. The Morgan fingerprint density at radius 1 is 1.29 bits per heavy atom. The highest BCUT2D eigenvalue weighted by Crippen LogP contribution is 2.41. The third-order valence-corrected chi connectivity index (χ3v) is 5.04. The van der Waals surface area contributed by atoms with Gasteiger partial charge in [-0.25, -0.2) is 0 Å². The average Bonchev–Trinajstić information content (AvgIpc) is 2.97. The molecule has 21 heavy (non-hydrogen) atoms. The summed E-state index contributed by atoms with van der Waals surface area (Å²) in [4.78, 5) is 12.9. The number of carbonyl (C=O) groups excluding carboxylic acids is 1. The van der Waals surface area contributed by atoms with Crippen LogP contribution in [0.1, 0.15) is 45.1 Å². The first-order valence-corrected chi connectivity index (χ1v) is 8.05. The van der Waals surface area contributed by atoms with Crippen molar-refractivity contribution in [3.05, 3.63) is 34.9 Å². The van der Waals surface area contributed by atoms with Gasteiger partial charge in [-0.3, -0.25) is 4.79 Å². The number of carbonyl (C=O) groups is 1. The first-order valence-electron chi connectivity index (χ1n) is 7.67. The SMILES string of the molecule is CC(CO)C(C)NC(=O)C1(c2ccc(Cl)cc2)CCCC1. The van der Waals surface area contributed by atoms with Crippen molar-refractivity contribution in [1.29, 1.82) is 0 Å². The van der Waals surface area contributed by atoms with Crippen LogP contribution in [0.2, 0.25) is 5.02 Å². The molecule has 1 fully saturated rings. The normalized spacial score (nSPS) is 20.0. The van der Waals surface area contributed by atoms with Crippen molar-refractivity contribution in [2.75, 3.05) is 6.61 Å². The van der Waals surface area contributed by atoms with Gasteiger partial charge in [-0.1, -0.05) is 43.5 Å². The smallest absolute Gasteiger partial charge is 0.230 e. The summed E-state index contributed by atoms with van der Waals surface area (Å²) in [6.45, 7) is 3.97. The van der Waals surface area contributed by atoms with Gasteiger partial charge in [0.2, 0.25) is 5.91 Å². The van der Waals surface area contributed by atoms with E-state index in [2.05, 4.69) is 5.32 Å². The van der Waals surface area contributed by atoms with E-state index in [1.807, 2.05) is 38.1 Å². The Morgan fingerprint density at radius 2 is 1.86 bits per heavy atom. The Labute approximate surface area is 131 Å². The van der Waals surface area contributed by atoms with Crippen LogP contribution >= 0.6 is 11.6 Å². The molecule has 0 bridgehead atoms. The van der Waals surface area contributed by atoms with E-state index in [0.717, 1.165) is 31.2 Å². The van der Waals surface area contributed by atoms with Gasteiger partial charge in [0.05, 0.1) is 5.41 Å². The quantitative estimate of drug-likeness (QED) is 0.877. The van der Waals surface area contributed by atoms with Gasteiger partial charge in [0, 0.05) is 17.7 Å². The molecule has 0 saturated heterocycles. The minimum Gasteiger partial charge on any atom is -0.396 e. The molecule has 0 aromatic heterocycles. The van der Waals surface area contributed by atoms with Crippen molar-refractivity contribution in [3.63, 3.8) is 0 Å². The fraction of sp³-hybridized carbons (Fsp3) is 0.588. The van der Waals surface area contributed by atoms with E-state index in [-0.39, 0.29) is 24.5 Å². The summed E-state index contributed by atoms with van der Waals surface area (Å²) in [5.74, 6) is 0.132. The van der Waals surface area contributed by atoms with Crippen molar-refractivity contribution in [2.24, 2.45) is 5.92 Å². The van der Waals surface area contributed by atoms with Crippen LogP contribution in [0.4, 0.5) is 0 Å². The monoisotopic (exact) mass is 309 g/mol. The Kier molecular flexibility index (Phi) is 5.28. The number of amides is 1. The minimum absolute atomic E-state index is 0.0349. The molecule has 2 N–H and O–H groups in total. The number of nitrogens with one attached hydrogen (secondary N) is 1. The Bertz CT molecular complexity index is 480. The fourth-order valence-corrected chi connectivity index (χ4v) is 3.17. The second-order valence-electron chi connectivity index (χ2n) is 6.22. The van der Waals surface area contributed by atoms with Gasteiger partial charge in [0.25, 0.3) is 0 Å². The van der Waals surface area contributed by atoms with Crippen LogP contribution in [-0.4, -0.2) is 23.7 Å². The van der Waals surface area contributed by atoms with E-state index < -0.39 is 5.41 Å². The third-order valence-electron chi connectivity index (χ3n) is 4.79. The van der Waals surface area contributed by atoms with Gasteiger partial charge in [0.1, 0.15) is 0 Å². The molecule has 1 aromatic carbocycles. The maximum Gasteiger partial charge on any atom is 0.230 e. The second kappa shape index (κ2) is 6.80. The molecule has 3 nitrogen and oxygen atoms in total. The van der Waals surface area contributed by atoms with Gasteiger partial charge in [0.15, 0.2) is 0 Å². The van der Waals surface area contributed by atoms with Crippen molar-refractivity contribution < 1.29 is 9.90 Å². The summed E-state index contributed by atoms with van der Waals surface area (Å²) in [5, 5.41) is 13.0. The van der Waals surface area contributed by atoms with Crippen LogP contribution < -0.4 is 5.32 Å². The molecular weight excluding hydrogens is 286 g/mol. The largest absolute Gasteiger partial charge is 0.396 e. The maximum absolute atomic E-state index is 12.9. The van der Waals surface area contributed by atoms with Crippen LogP contribution in [0.5, 0.6) is 0 Å². The van der Waals surface area contributed by atoms with Crippen molar-refractivity contribution in [2.45, 2.75) is 51.0 Å². The van der Waals surface area contributed by atoms with Crippen molar-refractivity contribution in [1.82, 2.24) is 5.32 Å². The lowest BCUT2D eigenvalue weighted by atomic mass is 9.77. The highest BCUT2D eigenvalue weighted by molar-refractivity contribution is 6.30. The molecule has 4 heteroatoms. The number of hydrogen-bond acceptors (Lipinski definition) is 2.